The van der Waals surface area contributed by atoms with Crippen LogP contribution in [0, 0.1) is 17.2 Å². The zero-order valence-corrected chi connectivity index (χ0v) is 21.5. The average Bonchev–Trinajstić information content (AvgIpc) is 3.44. The van der Waals surface area contributed by atoms with Crippen LogP contribution in [0.2, 0.25) is 0 Å². The van der Waals surface area contributed by atoms with Crippen LogP contribution >= 0.6 is 12.2 Å². The van der Waals surface area contributed by atoms with Crippen molar-refractivity contribution >= 4 is 34.6 Å². The molecule has 2 N–H and O–H groups in total. The number of imidazole rings is 1. The number of aromatic nitrogens is 2. The highest BCUT2D eigenvalue weighted by atomic mass is 32.1. The topological polar surface area (TPSA) is 91.3 Å². The van der Waals surface area contributed by atoms with Gasteiger partial charge in [-0.15, -0.1) is 0 Å². The van der Waals surface area contributed by atoms with Crippen LogP contribution in [0.15, 0.2) is 61.1 Å². The third-order valence-corrected chi connectivity index (χ3v) is 6.55. The second-order valence-electron chi connectivity index (χ2n) is 9.23. The molecule has 186 valence electrons. The van der Waals surface area contributed by atoms with E-state index in [0.29, 0.717) is 23.6 Å². The lowest BCUT2D eigenvalue weighted by Crippen LogP contribution is -2.52. The zero-order valence-electron chi connectivity index (χ0n) is 20.6. The number of hydrogen-bond donors (Lipinski definition) is 2. The summed E-state index contributed by atoms with van der Waals surface area (Å²) in [6.45, 7) is 9.09. The number of benzene rings is 2. The van der Waals surface area contributed by atoms with Crippen LogP contribution in [0.3, 0.4) is 0 Å². The van der Waals surface area contributed by atoms with Gasteiger partial charge in [-0.1, -0.05) is 13.8 Å². The molecule has 0 atom stereocenters. The molecule has 1 amide bonds. The Balaban J connectivity index is 1.45. The van der Waals surface area contributed by atoms with E-state index in [9.17, 15) is 4.79 Å². The molecule has 36 heavy (non-hydrogen) atoms. The molecular formula is C27H31N7OS. The van der Waals surface area contributed by atoms with Gasteiger partial charge in [0.05, 0.1) is 30.2 Å². The number of rotatable bonds is 7. The van der Waals surface area contributed by atoms with E-state index in [1.165, 1.54) is 0 Å². The largest absolute Gasteiger partial charge is 0.368 e. The minimum Gasteiger partial charge on any atom is -0.368 e. The molecule has 3 aromatic rings. The number of nitrogens with zero attached hydrogens (tertiary/aromatic N) is 5. The number of nitriles is 1. The van der Waals surface area contributed by atoms with Crippen molar-refractivity contribution in [2.45, 2.75) is 20.4 Å². The summed E-state index contributed by atoms with van der Waals surface area (Å²) in [5, 5.41) is 13.3. The van der Waals surface area contributed by atoms with E-state index in [1.807, 2.05) is 12.1 Å². The minimum atomic E-state index is -0.141. The molecule has 0 radical (unpaired) electrons. The fraction of sp³-hybridized carbons (Fsp3) is 0.333. The van der Waals surface area contributed by atoms with Crippen LogP contribution in [0.1, 0.15) is 35.5 Å². The number of hydrogen-bond acceptors (Lipinski definition) is 5. The SMILES string of the molecule is CC(C)CNC(=S)N1CCN(c2ccc(N(Cc3cnc[nH]3)C(=O)c3ccc(C#N)cc3)cc2)CC1. The second-order valence-corrected chi connectivity index (χ2v) is 9.61. The molecule has 0 saturated carbocycles. The van der Waals surface area contributed by atoms with Gasteiger partial charge < -0.3 is 25.0 Å². The lowest BCUT2D eigenvalue weighted by atomic mass is 10.1. The first kappa shape index (κ1) is 25.2. The van der Waals surface area contributed by atoms with Crippen molar-refractivity contribution in [2.24, 2.45) is 5.92 Å². The second kappa shape index (κ2) is 11.7. The quantitative estimate of drug-likeness (QED) is 0.476. The predicted molar refractivity (Wildman–Crippen MR) is 146 cm³/mol. The number of anilines is 2. The number of thiocarbonyl (C=S) groups is 1. The summed E-state index contributed by atoms with van der Waals surface area (Å²) >= 11 is 5.56. The predicted octanol–water partition coefficient (Wildman–Crippen LogP) is 3.78. The zero-order chi connectivity index (χ0) is 25.5. The summed E-state index contributed by atoms with van der Waals surface area (Å²) in [7, 11) is 0. The fourth-order valence-corrected chi connectivity index (χ4v) is 4.35. The molecule has 2 heterocycles. The van der Waals surface area contributed by atoms with Gasteiger partial charge in [0.25, 0.3) is 5.91 Å². The van der Waals surface area contributed by atoms with Crippen LogP contribution in [0.4, 0.5) is 11.4 Å². The van der Waals surface area contributed by atoms with Gasteiger partial charge in [-0.3, -0.25) is 4.79 Å². The Hall–Kier alpha value is -3.90. The maximum absolute atomic E-state index is 13.4. The molecule has 4 rings (SSSR count). The first-order valence-electron chi connectivity index (χ1n) is 12.1. The van der Waals surface area contributed by atoms with Crippen molar-refractivity contribution in [3.63, 3.8) is 0 Å². The van der Waals surface area contributed by atoms with Gasteiger partial charge in [0.1, 0.15) is 0 Å². The highest BCUT2D eigenvalue weighted by molar-refractivity contribution is 7.80. The van der Waals surface area contributed by atoms with Crippen LogP contribution in [-0.2, 0) is 6.54 Å². The van der Waals surface area contributed by atoms with E-state index >= 15 is 0 Å². The van der Waals surface area contributed by atoms with E-state index in [4.69, 9.17) is 17.5 Å². The van der Waals surface area contributed by atoms with E-state index in [0.717, 1.165) is 54.9 Å². The fourth-order valence-electron chi connectivity index (χ4n) is 4.08. The van der Waals surface area contributed by atoms with Crippen LogP contribution < -0.4 is 15.1 Å². The molecule has 0 unspecified atom stereocenters. The molecule has 1 aliphatic rings. The number of carbonyl (C=O) groups is 1. The molecule has 0 aliphatic carbocycles. The lowest BCUT2D eigenvalue weighted by molar-refractivity contribution is 0.0985. The van der Waals surface area contributed by atoms with Crippen molar-refractivity contribution in [1.29, 1.82) is 5.26 Å². The first-order valence-corrected chi connectivity index (χ1v) is 12.5. The molecule has 8 nitrogen and oxygen atoms in total. The van der Waals surface area contributed by atoms with Gasteiger partial charge >= 0.3 is 0 Å². The Labute approximate surface area is 217 Å². The maximum Gasteiger partial charge on any atom is 0.258 e. The van der Waals surface area contributed by atoms with Crippen molar-refractivity contribution in [3.8, 4) is 6.07 Å². The standard InChI is InChI=1S/C27H31N7OS/c1-20(2)16-30-27(36)33-13-11-32(12-14-33)24-7-9-25(10-8-24)34(18-23-17-29-19-31-23)26(35)22-5-3-21(15-28)4-6-22/h3-10,17,19-20H,11-14,16,18H2,1-2H3,(H,29,31)(H,30,36). The van der Waals surface area contributed by atoms with Crippen LogP contribution in [-0.4, -0.2) is 58.6 Å². The number of nitrogens with one attached hydrogen (secondary N) is 2. The molecule has 1 aliphatic heterocycles. The Morgan fingerprint density at radius 2 is 1.83 bits per heavy atom. The third kappa shape index (κ3) is 6.20. The van der Waals surface area contributed by atoms with E-state index in [2.05, 4.69) is 57.1 Å². The molecule has 1 aromatic heterocycles. The van der Waals surface area contributed by atoms with Crippen LogP contribution in [0.25, 0.3) is 0 Å². The van der Waals surface area contributed by atoms with Crippen molar-refractivity contribution < 1.29 is 4.79 Å². The van der Waals surface area contributed by atoms with Gasteiger partial charge in [0.15, 0.2) is 5.11 Å². The summed E-state index contributed by atoms with van der Waals surface area (Å²) in [5.74, 6) is 0.414. The minimum absolute atomic E-state index is 0.141. The molecule has 1 saturated heterocycles. The van der Waals surface area contributed by atoms with Crippen LogP contribution in [0.5, 0.6) is 0 Å². The van der Waals surface area contributed by atoms with Crippen molar-refractivity contribution in [2.75, 3.05) is 42.5 Å². The Morgan fingerprint density at radius 1 is 1.14 bits per heavy atom. The van der Waals surface area contributed by atoms with Gasteiger partial charge in [-0.25, -0.2) is 4.98 Å². The van der Waals surface area contributed by atoms with E-state index in [-0.39, 0.29) is 5.91 Å². The van der Waals surface area contributed by atoms with Crippen molar-refractivity contribution in [3.05, 3.63) is 77.9 Å². The Bertz CT molecular complexity index is 1190. The highest BCUT2D eigenvalue weighted by Gasteiger charge is 2.22. The summed E-state index contributed by atoms with van der Waals surface area (Å²) in [5.41, 5.74) is 3.79. The number of aromatic amines is 1. The first-order chi connectivity index (χ1) is 17.4. The summed E-state index contributed by atoms with van der Waals surface area (Å²) in [6.07, 6.45) is 3.32. The molecule has 2 aromatic carbocycles. The maximum atomic E-state index is 13.4. The number of carbonyl (C=O) groups excluding carboxylic acids is 1. The molecule has 9 heteroatoms. The molecule has 1 fully saturated rings. The average molecular weight is 502 g/mol. The van der Waals surface area contributed by atoms with Gasteiger partial charge in [0, 0.05) is 55.9 Å². The Kier molecular flexibility index (Phi) is 8.18. The smallest absolute Gasteiger partial charge is 0.258 e. The normalized spacial score (nSPS) is 13.4. The monoisotopic (exact) mass is 501 g/mol. The van der Waals surface area contributed by atoms with E-state index in [1.54, 1.807) is 41.7 Å². The summed E-state index contributed by atoms with van der Waals surface area (Å²) < 4.78 is 0. The summed E-state index contributed by atoms with van der Waals surface area (Å²) in [4.78, 5) is 26.9. The molecule has 0 bridgehead atoms. The van der Waals surface area contributed by atoms with Gasteiger partial charge in [-0.05, 0) is 66.7 Å². The Morgan fingerprint density at radius 3 is 2.42 bits per heavy atom. The molecular weight excluding hydrogens is 470 g/mol. The third-order valence-electron chi connectivity index (χ3n) is 6.14. The lowest BCUT2D eigenvalue weighted by Gasteiger charge is -2.37. The number of amides is 1. The van der Waals surface area contributed by atoms with Gasteiger partial charge in [-0.2, -0.15) is 5.26 Å². The highest BCUT2D eigenvalue weighted by Crippen LogP contribution is 2.25. The van der Waals surface area contributed by atoms with E-state index < -0.39 is 0 Å². The summed E-state index contributed by atoms with van der Waals surface area (Å²) in [6, 6.07) is 16.9. The number of piperazine rings is 1. The molecule has 0 spiro atoms. The van der Waals surface area contributed by atoms with Gasteiger partial charge in [0.2, 0.25) is 0 Å². The number of H-pyrrole nitrogens is 1. The van der Waals surface area contributed by atoms with Crippen molar-refractivity contribution in [1.82, 2.24) is 20.2 Å².